The number of hydrogen-bond acceptors (Lipinski definition) is 3. The minimum Gasteiger partial charge on any atom is -0.495 e. The summed E-state index contributed by atoms with van der Waals surface area (Å²) < 4.78 is 5.35. The predicted octanol–water partition coefficient (Wildman–Crippen LogP) is 4.42. The lowest BCUT2D eigenvalue weighted by Gasteiger charge is -2.11. The zero-order chi connectivity index (χ0) is 15.2. The molecule has 1 heterocycles. The summed E-state index contributed by atoms with van der Waals surface area (Å²) in [6.45, 7) is 0. The van der Waals surface area contributed by atoms with E-state index in [1.165, 1.54) is 11.1 Å². The van der Waals surface area contributed by atoms with Crippen LogP contribution >= 0.6 is 0 Å². The molecule has 22 heavy (non-hydrogen) atoms. The van der Waals surface area contributed by atoms with Crippen molar-refractivity contribution >= 4 is 11.4 Å². The number of pyridine rings is 1. The molecule has 0 radical (unpaired) electrons. The highest BCUT2D eigenvalue weighted by Gasteiger charge is 2.02. The Morgan fingerprint density at radius 2 is 1.55 bits per heavy atom. The van der Waals surface area contributed by atoms with Gasteiger partial charge in [0.25, 0.3) is 0 Å². The van der Waals surface area contributed by atoms with Crippen molar-refractivity contribution in [2.75, 3.05) is 12.4 Å². The van der Waals surface area contributed by atoms with Gasteiger partial charge in [0, 0.05) is 18.1 Å². The highest BCUT2D eigenvalue weighted by molar-refractivity contribution is 5.66. The van der Waals surface area contributed by atoms with E-state index in [0.29, 0.717) is 0 Å². The summed E-state index contributed by atoms with van der Waals surface area (Å²) >= 11 is 0. The second-order valence-electron chi connectivity index (χ2n) is 5.05. The molecule has 3 heteroatoms. The van der Waals surface area contributed by atoms with E-state index in [9.17, 15) is 0 Å². The third-order valence-corrected chi connectivity index (χ3v) is 3.50. The van der Waals surface area contributed by atoms with Gasteiger partial charge >= 0.3 is 0 Å². The molecule has 0 aliphatic rings. The first-order valence-corrected chi connectivity index (χ1v) is 7.23. The zero-order valence-electron chi connectivity index (χ0n) is 12.5. The first-order valence-electron chi connectivity index (χ1n) is 7.23. The van der Waals surface area contributed by atoms with Gasteiger partial charge in [-0.25, -0.2) is 0 Å². The average molecular weight is 290 g/mol. The number of rotatable bonds is 5. The van der Waals surface area contributed by atoms with Crippen LogP contribution in [0.2, 0.25) is 0 Å². The van der Waals surface area contributed by atoms with Crippen molar-refractivity contribution in [2.45, 2.75) is 6.42 Å². The van der Waals surface area contributed by atoms with Gasteiger partial charge in [-0.15, -0.1) is 0 Å². The van der Waals surface area contributed by atoms with Crippen LogP contribution in [0.25, 0.3) is 0 Å². The minimum absolute atomic E-state index is 0.836. The molecule has 0 saturated carbocycles. The number of anilines is 2. The summed E-state index contributed by atoms with van der Waals surface area (Å²) in [4.78, 5) is 4.04. The van der Waals surface area contributed by atoms with Gasteiger partial charge in [0.05, 0.1) is 12.8 Å². The highest BCUT2D eigenvalue weighted by Crippen LogP contribution is 2.27. The second kappa shape index (κ2) is 6.76. The maximum Gasteiger partial charge on any atom is 0.142 e. The molecule has 0 fully saturated rings. The van der Waals surface area contributed by atoms with E-state index in [1.54, 1.807) is 7.11 Å². The molecule has 3 aromatic rings. The maximum atomic E-state index is 5.35. The molecule has 0 saturated heterocycles. The van der Waals surface area contributed by atoms with Crippen LogP contribution in [-0.2, 0) is 6.42 Å². The fourth-order valence-corrected chi connectivity index (χ4v) is 2.35. The molecule has 1 aromatic heterocycles. The molecular formula is C19H18N2O. The monoisotopic (exact) mass is 290 g/mol. The maximum absolute atomic E-state index is 5.35. The molecule has 110 valence electrons. The molecular weight excluding hydrogens is 272 g/mol. The number of hydrogen-bond donors (Lipinski definition) is 1. The fourth-order valence-electron chi connectivity index (χ4n) is 2.35. The lowest BCUT2D eigenvalue weighted by Crippen LogP contribution is -1.95. The number of para-hydroxylation sites is 2. The van der Waals surface area contributed by atoms with Crippen LogP contribution in [-0.4, -0.2) is 12.1 Å². The normalized spacial score (nSPS) is 10.2. The van der Waals surface area contributed by atoms with Crippen LogP contribution in [0.15, 0.2) is 73.1 Å². The van der Waals surface area contributed by atoms with Gasteiger partial charge in [-0.3, -0.25) is 4.98 Å². The fraction of sp³-hybridized carbons (Fsp3) is 0.105. The second-order valence-corrected chi connectivity index (χ2v) is 5.05. The Morgan fingerprint density at radius 1 is 0.864 bits per heavy atom. The van der Waals surface area contributed by atoms with Gasteiger partial charge in [-0.1, -0.05) is 24.3 Å². The quantitative estimate of drug-likeness (QED) is 0.755. The summed E-state index contributed by atoms with van der Waals surface area (Å²) in [6, 6.07) is 20.4. The Morgan fingerprint density at radius 3 is 2.27 bits per heavy atom. The Hall–Kier alpha value is -2.81. The SMILES string of the molecule is COc1ccccc1Nc1ccc(Cc2ccncc2)cc1. The third-order valence-electron chi connectivity index (χ3n) is 3.50. The number of methoxy groups -OCH3 is 1. The van der Waals surface area contributed by atoms with Crippen molar-refractivity contribution < 1.29 is 4.74 Å². The van der Waals surface area contributed by atoms with Crippen LogP contribution in [0.4, 0.5) is 11.4 Å². The lowest BCUT2D eigenvalue weighted by atomic mass is 10.1. The van der Waals surface area contributed by atoms with E-state index in [2.05, 4.69) is 34.6 Å². The smallest absolute Gasteiger partial charge is 0.142 e. The zero-order valence-corrected chi connectivity index (χ0v) is 12.5. The molecule has 2 aromatic carbocycles. The van der Waals surface area contributed by atoms with E-state index >= 15 is 0 Å². The topological polar surface area (TPSA) is 34.1 Å². The van der Waals surface area contributed by atoms with Crippen molar-refractivity contribution in [2.24, 2.45) is 0 Å². The van der Waals surface area contributed by atoms with Gasteiger partial charge < -0.3 is 10.1 Å². The number of nitrogens with one attached hydrogen (secondary N) is 1. The molecule has 0 amide bonds. The molecule has 0 unspecified atom stereocenters. The van der Waals surface area contributed by atoms with Crippen molar-refractivity contribution in [1.82, 2.24) is 4.98 Å². The van der Waals surface area contributed by atoms with Gasteiger partial charge in [-0.2, -0.15) is 0 Å². The molecule has 3 rings (SSSR count). The molecule has 0 aliphatic carbocycles. The van der Waals surface area contributed by atoms with Crippen molar-refractivity contribution in [3.8, 4) is 5.75 Å². The van der Waals surface area contributed by atoms with Crippen molar-refractivity contribution in [3.05, 3.63) is 84.2 Å². The van der Waals surface area contributed by atoms with Crippen LogP contribution in [0.1, 0.15) is 11.1 Å². The van der Waals surface area contributed by atoms with Gasteiger partial charge in [0.1, 0.15) is 5.75 Å². The van der Waals surface area contributed by atoms with Gasteiger partial charge in [0.15, 0.2) is 0 Å². The van der Waals surface area contributed by atoms with Crippen LogP contribution in [0.5, 0.6) is 5.75 Å². The molecule has 0 bridgehead atoms. The Bertz CT molecular complexity index is 724. The molecule has 0 aliphatic heterocycles. The molecule has 0 atom stereocenters. The number of nitrogens with zero attached hydrogens (tertiary/aromatic N) is 1. The largest absolute Gasteiger partial charge is 0.495 e. The number of aromatic nitrogens is 1. The van der Waals surface area contributed by atoms with Crippen molar-refractivity contribution in [3.63, 3.8) is 0 Å². The Labute approximate surface area is 130 Å². The van der Waals surface area contributed by atoms with Crippen LogP contribution in [0, 0.1) is 0 Å². The van der Waals surface area contributed by atoms with Crippen LogP contribution in [0.3, 0.4) is 0 Å². The summed E-state index contributed by atoms with van der Waals surface area (Å²) in [7, 11) is 1.68. The van der Waals surface area contributed by atoms with E-state index in [1.807, 2.05) is 48.8 Å². The molecule has 3 nitrogen and oxygen atoms in total. The number of benzene rings is 2. The van der Waals surface area contributed by atoms with E-state index in [4.69, 9.17) is 4.74 Å². The summed E-state index contributed by atoms with van der Waals surface area (Å²) in [6.07, 6.45) is 4.57. The summed E-state index contributed by atoms with van der Waals surface area (Å²) in [5.41, 5.74) is 4.55. The van der Waals surface area contributed by atoms with Crippen LogP contribution < -0.4 is 10.1 Å². The molecule has 1 N–H and O–H groups in total. The average Bonchev–Trinajstić information content (AvgIpc) is 2.58. The van der Waals surface area contributed by atoms with E-state index < -0.39 is 0 Å². The van der Waals surface area contributed by atoms with Gasteiger partial charge in [-0.05, 0) is 53.9 Å². The van der Waals surface area contributed by atoms with Crippen molar-refractivity contribution in [1.29, 1.82) is 0 Å². The Balaban J connectivity index is 1.72. The highest BCUT2D eigenvalue weighted by atomic mass is 16.5. The predicted molar refractivity (Wildman–Crippen MR) is 89.8 cm³/mol. The first kappa shape index (κ1) is 14.1. The number of ether oxygens (including phenoxy) is 1. The van der Waals surface area contributed by atoms with E-state index in [-0.39, 0.29) is 0 Å². The van der Waals surface area contributed by atoms with E-state index in [0.717, 1.165) is 23.5 Å². The molecule has 0 spiro atoms. The standard InChI is InChI=1S/C19H18N2O/c1-22-19-5-3-2-4-18(19)21-17-8-6-15(7-9-17)14-16-10-12-20-13-11-16/h2-13,21H,14H2,1H3. The lowest BCUT2D eigenvalue weighted by molar-refractivity contribution is 0.417. The first-order chi connectivity index (χ1) is 10.8. The van der Waals surface area contributed by atoms with Gasteiger partial charge in [0.2, 0.25) is 0 Å². The third kappa shape index (κ3) is 3.44. The minimum atomic E-state index is 0.836. The Kier molecular flexibility index (Phi) is 4.35. The summed E-state index contributed by atoms with van der Waals surface area (Å²) in [5, 5.41) is 3.38. The summed E-state index contributed by atoms with van der Waals surface area (Å²) in [5.74, 6) is 0.836.